The summed E-state index contributed by atoms with van der Waals surface area (Å²) in [5.74, 6) is -2.30. The lowest BCUT2D eigenvalue weighted by molar-refractivity contribution is 0.0509. The van der Waals surface area contributed by atoms with Crippen LogP contribution in [0.1, 0.15) is 68.9 Å². The van der Waals surface area contributed by atoms with E-state index in [-0.39, 0.29) is 39.7 Å². The molecule has 0 saturated heterocycles. The molecule has 1 amide bonds. The molecule has 2 aromatic rings. The third-order valence-corrected chi connectivity index (χ3v) is 5.32. The lowest BCUT2D eigenvalue weighted by Crippen LogP contribution is -2.38. The van der Waals surface area contributed by atoms with Crippen LogP contribution in [0.4, 0.5) is 9.18 Å². The average molecular weight is 466 g/mol. The fourth-order valence-corrected chi connectivity index (χ4v) is 3.88. The number of aromatic carboxylic acids is 1. The first-order valence-electron chi connectivity index (χ1n) is 10.2. The van der Waals surface area contributed by atoms with Crippen LogP contribution < -0.4 is 10.7 Å². The van der Waals surface area contributed by atoms with E-state index in [1.807, 2.05) is 0 Å². The number of pyridine rings is 1. The lowest BCUT2D eigenvalue weighted by atomic mass is 10.00. The van der Waals surface area contributed by atoms with E-state index in [0.717, 1.165) is 18.9 Å². The molecule has 1 heterocycles. The molecule has 1 saturated carbocycles. The van der Waals surface area contributed by atoms with Crippen LogP contribution in [0.2, 0.25) is 5.02 Å². The Morgan fingerprint density at radius 1 is 1.41 bits per heavy atom. The molecule has 1 atom stereocenters. The summed E-state index contributed by atoms with van der Waals surface area (Å²) in [6, 6.07) is 0.336. The van der Waals surface area contributed by atoms with Crippen LogP contribution >= 0.6 is 11.6 Å². The van der Waals surface area contributed by atoms with Gasteiger partial charge >= 0.3 is 12.1 Å². The Hall–Kier alpha value is -2.94. The van der Waals surface area contributed by atoms with E-state index in [2.05, 4.69) is 5.32 Å². The molecule has 0 radical (unpaired) electrons. The van der Waals surface area contributed by atoms with Crippen molar-refractivity contribution in [3.05, 3.63) is 44.5 Å². The van der Waals surface area contributed by atoms with Crippen molar-refractivity contribution in [2.45, 2.75) is 64.6 Å². The van der Waals surface area contributed by atoms with E-state index in [1.54, 1.807) is 32.3 Å². The number of carboxylic acids is 1. The quantitative estimate of drug-likeness (QED) is 0.542. The van der Waals surface area contributed by atoms with Gasteiger partial charge in [-0.25, -0.2) is 14.0 Å². The van der Waals surface area contributed by atoms with Gasteiger partial charge in [0.15, 0.2) is 0 Å². The second kappa shape index (κ2) is 8.54. The highest BCUT2D eigenvalue weighted by Gasteiger charge is 2.30. The van der Waals surface area contributed by atoms with Crippen LogP contribution in [0.15, 0.2) is 17.1 Å². The largest absolute Gasteiger partial charge is 0.477 e. The number of fused-ring (bicyclic) bond motifs is 1. The molecule has 1 fully saturated rings. The number of halogens is 2. The van der Waals surface area contributed by atoms with Gasteiger partial charge in [-0.2, -0.15) is 0 Å². The molecule has 1 unspecified atom stereocenters. The SMILES string of the molecule is CC(CC(=N)c1c(F)cc2c(=O)c(C(=O)O)cn(C3CC3)c2c1Cl)NC(=O)OC(C)(C)C. The van der Waals surface area contributed by atoms with Crippen LogP contribution in [0.3, 0.4) is 0 Å². The maximum Gasteiger partial charge on any atom is 0.407 e. The number of hydrogen-bond donors (Lipinski definition) is 3. The number of nitrogens with zero attached hydrogens (tertiary/aromatic N) is 1. The van der Waals surface area contributed by atoms with Gasteiger partial charge in [-0.3, -0.25) is 4.79 Å². The zero-order chi connectivity index (χ0) is 24.0. The Bertz CT molecular complexity index is 1180. The van der Waals surface area contributed by atoms with Crippen LogP contribution in [-0.2, 0) is 4.74 Å². The van der Waals surface area contributed by atoms with Gasteiger partial charge in [0.25, 0.3) is 0 Å². The second-order valence-electron chi connectivity index (χ2n) is 8.99. The number of carbonyl (C=O) groups is 2. The van der Waals surface area contributed by atoms with Crippen molar-refractivity contribution in [1.82, 2.24) is 9.88 Å². The topological polar surface area (TPSA) is 121 Å². The van der Waals surface area contributed by atoms with Crippen molar-refractivity contribution in [1.29, 1.82) is 5.41 Å². The van der Waals surface area contributed by atoms with Crippen molar-refractivity contribution in [3.8, 4) is 0 Å². The molecule has 1 aliphatic carbocycles. The number of rotatable bonds is 6. The van der Waals surface area contributed by atoms with E-state index >= 15 is 0 Å². The monoisotopic (exact) mass is 465 g/mol. The summed E-state index contributed by atoms with van der Waals surface area (Å²) in [6.07, 6.45) is 2.08. The van der Waals surface area contributed by atoms with Crippen molar-refractivity contribution < 1.29 is 23.8 Å². The number of benzene rings is 1. The van der Waals surface area contributed by atoms with Crippen molar-refractivity contribution >= 4 is 40.3 Å². The minimum absolute atomic E-state index is 0.0394. The highest BCUT2D eigenvalue weighted by Crippen LogP contribution is 2.40. The number of aromatic nitrogens is 1. The van der Waals surface area contributed by atoms with Gasteiger partial charge in [-0.15, -0.1) is 0 Å². The molecule has 0 spiro atoms. The first-order chi connectivity index (χ1) is 14.8. The van der Waals surface area contributed by atoms with Gasteiger partial charge in [0.2, 0.25) is 5.43 Å². The maximum atomic E-state index is 15.0. The fraction of sp³-hybridized carbons (Fsp3) is 0.455. The van der Waals surface area contributed by atoms with Crippen LogP contribution in [0.25, 0.3) is 10.9 Å². The molecule has 8 nitrogen and oxygen atoms in total. The van der Waals surface area contributed by atoms with Gasteiger partial charge < -0.3 is 25.1 Å². The molecule has 1 aromatic heterocycles. The summed E-state index contributed by atoms with van der Waals surface area (Å²) >= 11 is 6.50. The smallest absolute Gasteiger partial charge is 0.407 e. The average Bonchev–Trinajstić information content (AvgIpc) is 3.45. The molecule has 1 aromatic carbocycles. The summed E-state index contributed by atoms with van der Waals surface area (Å²) in [5.41, 5.74) is -2.13. The molecule has 1 aliphatic rings. The molecular formula is C22H25ClFN3O5. The third kappa shape index (κ3) is 4.93. The fourth-order valence-electron chi connectivity index (χ4n) is 3.48. The number of ether oxygens (including phenoxy) is 1. The Morgan fingerprint density at radius 2 is 2.03 bits per heavy atom. The summed E-state index contributed by atoms with van der Waals surface area (Å²) in [7, 11) is 0. The van der Waals surface area contributed by atoms with Crippen LogP contribution in [0.5, 0.6) is 0 Å². The normalized spacial score (nSPS) is 14.8. The van der Waals surface area contributed by atoms with Gasteiger partial charge in [0, 0.05) is 30.4 Å². The summed E-state index contributed by atoms with van der Waals surface area (Å²) in [5, 5.41) is 20.1. The van der Waals surface area contributed by atoms with Crippen molar-refractivity contribution in [2.75, 3.05) is 0 Å². The minimum atomic E-state index is -1.40. The van der Waals surface area contributed by atoms with Gasteiger partial charge in [0.1, 0.15) is 17.0 Å². The molecule has 10 heteroatoms. The highest BCUT2D eigenvalue weighted by atomic mass is 35.5. The second-order valence-corrected chi connectivity index (χ2v) is 9.37. The van der Waals surface area contributed by atoms with Crippen molar-refractivity contribution in [3.63, 3.8) is 0 Å². The van der Waals surface area contributed by atoms with Gasteiger partial charge in [-0.1, -0.05) is 11.6 Å². The predicted octanol–water partition coefficient (Wildman–Crippen LogP) is 4.50. The summed E-state index contributed by atoms with van der Waals surface area (Å²) in [4.78, 5) is 36.1. The third-order valence-electron chi connectivity index (χ3n) is 4.95. The zero-order valence-corrected chi connectivity index (χ0v) is 19.0. The van der Waals surface area contributed by atoms with E-state index < -0.39 is 40.5 Å². The molecule has 0 bridgehead atoms. The van der Waals surface area contributed by atoms with Gasteiger partial charge in [0.05, 0.1) is 21.5 Å². The molecule has 0 aliphatic heterocycles. The predicted molar refractivity (Wildman–Crippen MR) is 119 cm³/mol. The van der Waals surface area contributed by atoms with E-state index in [9.17, 15) is 23.9 Å². The van der Waals surface area contributed by atoms with Crippen LogP contribution in [0, 0.1) is 11.2 Å². The number of carbonyl (C=O) groups excluding carboxylic acids is 1. The highest BCUT2D eigenvalue weighted by molar-refractivity contribution is 6.38. The molecule has 3 rings (SSSR count). The van der Waals surface area contributed by atoms with E-state index in [4.69, 9.17) is 21.7 Å². The number of hydrogen-bond acceptors (Lipinski definition) is 5. The first-order valence-corrected chi connectivity index (χ1v) is 10.6. The zero-order valence-electron chi connectivity index (χ0n) is 18.2. The Kier molecular flexibility index (Phi) is 6.33. The molecular weight excluding hydrogens is 441 g/mol. The molecule has 32 heavy (non-hydrogen) atoms. The standard InChI is InChI=1S/C22H25ClFN3O5/c1-10(26-21(31)32-22(2,3)4)7-15(25)16-14(24)8-12-18(17(16)23)27(11-5-6-11)9-13(19(12)28)20(29)30/h8-11,25H,5-7H2,1-4H3,(H,26,31)(H,29,30). The van der Waals surface area contributed by atoms with E-state index in [0.29, 0.717) is 0 Å². The Balaban J connectivity index is 1.99. The summed E-state index contributed by atoms with van der Waals surface area (Å²) < 4.78 is 21.8. The summed E-state index contributed by atoms with van der Waals surface area (Å²) in [6.45, 7) is 6.81. The molecule has 3 N–H and O–H groups in total. The molecule has 172 valence electrons. The number of alkyl carbamates (subject to hydrolysis) is 1. The number of nitrogens with one attached hydrogen (secondary N) is 2. The Morgan fingerprint density at radius 3 is 2.56 bits per heavy atom. The lowest BCUT2D eigenvalue weighted by Gasteiger charge is -2.22. The van der Waals surface area contributed by atoms with Crippen molar-refractivity contribution in [2.24, 2.45) is 0 Å². The first kappa shape index (κ1) is 23.7. The van der Waals surface area contributed by atoms with E-state index in [1.165, 1.54) is 6.20 Å². The van der Waals surface area contributed by atoms with Crippen LogP contribution in [-0.4, -0.2) is 39.1 Å². The maximum absolute atomic E-state index is 15.0. The van der Waals surface area contributed by atoms with Gasteiger partial charge in [-0.05, 0) is 46.6 Å². The number of carboxylic acid groups (broad SMARTS) is 1. The minimum Gasteiger partial charge on any atom is -0.477 e. The number of amides is 1. The Labute approximate surface area is 188 Å².